The zero-order chi connectivity index (χ0) is 17.0. The van der Waals surface area contributed by atoms with Crippen molar-refractivity contribution in [3.8, 4) is 11.5 Å². The van der Waals surface area contributed by atoms with E-state index in [2.05, 4.69) is 5.32 Å². The van der Waals surface area contributed by atoms with Crippen molar-refractivity contribution in [2.24, 2.45) is 0 Å². The first kappa shape index (κ1) is 16.3. The van der Waals surface area contributed by atoms with E-state index in [4.69, 9.17) is 9.47 Å². The number of rotatable bonds is 7. The summed E-state index contributed by atoms with van der Waals surface area (Å²) in [5, 5.41) is 2.91. The molecule has 0 atom stereocenters. The molecule has 0 saturated heterocycles. The van der Waals surface area contributed by atoms with Gasteiger partial charge in [0.05, 0.1) is 19.1 Å². The van der Waals surface area contributed by atoms with Gasteiger partial charge in [0.2, 0.25) is 5.91 Å². The molecule has 2 aromatic rings. The summed E-state index contributed by atoms with van der Waals surface area (Å²) in [7, 11) is 1.61. The Bertz CT molecular complexity index is 694. The van der Waals surface area contributed by atoms with Crippen molar-refractivity contribution in [3.05, 3.63) is 59.9 Å². The summed E-state index contributed by atoms with van der Waals surface area (Å²) >= 11 is 0. The van der Waals surface area contributed by atoms with Crippen LogP contribution in [-0.2, 0) is 10.2 Å². The zero-order valence-electron chi connectivity index (χ0n) is 13.5. The van der Waals surface area contributed by atoms with Crippen LogP contribution in [0.2, 0.25) is 0 Å². The van der Waals surface area contributed by atoms with Crippen LogP contribution in [-0.4, -0.2) is 26.2 Å². The summed E-state index contributed by atoms with van der Waals surface area (Å²) in [4.78, 5) is 12.4. The van der Waals surface area contributed by atoms with Gasteiger partial charge >= 0.3 is 0 Å². The summed E-state index contributed by atoms with van der Waals surface area (Å²) in [6.07, 6.45) is 1.59. The molecule has 126 valence electrons. The van der Waals surface area contributed by atoms with Crippen LogP contribution < -0.4 is 14.8 Å². The molecular weight excluding hydrogens is 309 g/mol. The number of nitrogens with one attached hydrogen (secondary N) is 1. The molecule has 1 fully saturated rings. The molecule has 0 unspecified atom stereocenters. The van der Waals surface area contributed by atoms with Crippen LogP contribution in [0.1, 0.15) is 18.4 Å². The van der Waals surface area contributed by atoms with E-state index in [1.807, 2.05) is 24.3 Å². The topological polar surface area (TPSA) is 47.6 Å². The van der Waals surface area contributed by atoms with Crippen molar-refractivity contribution >= 4 is 5.91 Å². The third-order valence-electron chi connectivity index (χ3n) is 4.30. The Morgan fingerprint density at radius 3 is 2.29 bits per heavy atom. The molecule has 0 bridgehead atoms. The minimum Gasteiger partial charge on any atom is -0.497 e. The lowest BCUT2D eigenvalue weighted by Gasteiger charge is -2.16. The van der Waals surface area contributed by atoms with Gasteiger partial charge in [-0.2, -0.15) is 0 Å². The number of benzene rings is 2. The van der Waals surface area contributed by atoms with E-state index in [1.54, 1.807) is 19.2 Å². The molecule has 24 heavy (non-hydrogen) atoms. The third kappa shape index (κ3) is 3.50. The Kier molecular flexibility index (Phi) is 4.69. The zero-order valence-corrected chi connectivity index (χ0v) is 13.5. The Morgan fingerprint density at radius 2 is 1.71 bits per heavy atom. The first-order valence-electron chi connectivity index (χ1n) is 7.95. The highest BCUT2D eigenvalue weighted by molar-refractivity contribution is 5.91. The summed E-state index contributed by atoms with van der Waals surface area (Å²) in [6.45, 7) is 0.811. The number of halogens is 1. The monoisotopic (exact) mass is 329 g/mol. The maximum absolute atomic E-state index is 13.0. The normalized spacial score (nSPS) is 14.8. The molecule has 0 radical (unpaired) electrons. The molecular formula is C19H20FNO3. The molecule has 0 spiro atoms. The van der Waals surface area contributed by atoms with Gasteiger partial charge in [-0.1, -0.05) is 12.1 Å². The van der Waals surface area contributed by atoms with Gasteiger partial charge in [0.25, 0.3) is 0 Å². The second kappa shape index (κ2) is 6.91. The molecule has 1 N–H and O–H groups in total. The Balaban J connectivity index is 1.48. The summed E-state index contributed by atoms with van der Waals surface area (Å²) in [5.74, 6) is 1.19. The molecule has 1 aliphatic rings. The molecule has 3 rings (SSSR count). The lowest BCUT2D eigenvalue weighted by molar-refractivity contribution is -0.123. The van der Waals surface area contributed by atoms with Crippen molar-refractivity contribution in [3.63, 3.8) is 0 Å². The molecule has 5 heteroatoms. The second-order valence-corrected chi connectivity index (χ2v) is 5.87. The van der Waals surface area contributed by atoms with E-state index in [0.29, 0.717) is 13.2 Å². The van der Waals surface area contributed by atoms with Crippen molar-refractivity contribution in [2.45, 2.75) is 18.3 Å². The number of methoxy groups -OCH3 is 1. The van der Waals surface area contributed by atoms with Crippen molar-refractivity contribution in [2.75, 3.05) is 20.3 Å². The van der Waals surface area contributed by atoms with Gasteiger partial charge in [-0.05, 0) is 54.8 Å². The van der Waals surface area contributed by atoms with E-state index >= 15 is 0 Å². The SMILES string of the molecule is COc1ccc(OCCNC(=O)C2(c3ccc(F)cc3)CC2)cc1. The molecule has 0 aliphatic heterocycles. The summed E-state index contributed by atoms with van der Waals surface area (Å²) < 4.78 is 23.7. The number of carbonyl (C=O) groups is 1. The number of hydrogen-bond donors (Lipinski definition) is 1. The highest BCUT2D eigenvalue weighted by Crippen LogP contribution is 2.48. The van der Waals surface area contributed by atoms with Gasteiger partial charge in [-0.15, -0.1) is 0 Å². The van der Waals surface area contributed by atoms with Crippen LogP contribution in [0.25, 0.3) is 0 Å². The van der Waals surface area contributed by atoms with Crippen molar-refractivity contribution < 1.29 is 18.7 Å². The third-order valence-corrected chi connectivity index (χ3v) is 4.30. The average molecular weight is 329 g/mol. The fourth-order valence-corrected chi connectivity index (χ4v) is 2.72. The summed E-state index contributed by atoms with van der Waals surface area (Å²) in [5.41, 5.74) is 0.380. The van der Waals surface area contributed by atoms with Crippen LogP contribution in [0.4, 0.5) is 4.39 Å². The van der Waals surface area contributed by atoms with Crippen molar-refractivity contribution in [1.29, 1.82) is 0 Å². The Morgan fingerprint density at radius 1 is 1.08 bits per heavy atom. The van der Waals surface area contributed by atoms with Crippen LogP contribution in [0, 0.1) is 5.82 Å². The highest BCUT2D eigenvalue weighted by atomic mass is 19.1. The van der Waals surface area contributed by atoms with Gasteiger partial charge in [-0.25, -0.2) is 4.39 Å². The molecule has 4 nitrogen and oxygen atoms in total. The van der Waals surface area contributed by atoms with Crippen LogP contribution in [0.3, 0.4) is 0 Å². The quantitative estimate of drug-likeness (QED) is 0.794. The number of carbonyl (C=O) groups excluding carboxylic acids is 1. The smallest absolute Gasteiger partial charge is 0.230 e. The van der Waals surface area contributed by atoms with E-state index in [0.717, 1.165) is 29.9 Å². The fourth-order valence-electron chi connectivity index (χ4n) is 2.72. The Labute approximate surface area is 140 Å². The molecule has 0 aromatic heterocycles. The first-order chi connectivity index (χ1) is 11.6. The largest absolute Gasteiger partial charge is 0.497 e. The van der Waals surface area contributed by atoms with E-state index < -0.39 is 5.41 Å². The van der Waals surface area contributed by atoms with Crippen LogP contribution in [0.5, 0.6) is 11.5 Å². The number of hydrogen-bond acceptors (Lipinski definition) is 3. The maximum atomic E-state index is 13.0. The predicted molar refractivity (Wildman–Crippen MR) is 88.8 cm³/mol. The molecule has 1 aliphatic carbocycles. The molecule has 1 saturated carbocycles. The van der Waals surface area contributed by atoms with Gasteiger partial charge in [0, 0.05) is 0 Å². The van der Waals surface area contributed by atoms with Gasteiger partial charge in [0.1, 0.15) is 23.9 Å². The lowest BCUT2D eigenvalue weighted by atomic mass is 9.95. The highest BCUT2D eigenvalue weighted by Gasteiger charge is 2.50. The Hall–Kier alpha value is -2.56. The van der Waals surface area contributed by atoms with Gasteiger partial charge in [-0.3, -0.25) is 4.79 Å². The minimum absolute atomic E-state index is 0.0209. The van der Waals surface area contributed by atoms with E-state index in [-0.39, 0.29) is 11.7 Å². The van der Waals surface area contributed by atoms with Crippen LogP contribution >= 0.6 is 0 Å². The second-order valence-electron chi connectivity index (χ2n) is 5.87. The van der Waals surface area contributed by atoms with Crippen molar-refractivity contribution in [1.82, 2.24) is 5.32 Å². The summed E-state index contributed by atoms with van der Waals surface area (Å²) in [6, 6.07) is 13.5. The lowest BCUT2D eigenvalue weighted by Crippen LogP contribution is -2.37. The van der Waals surface area contributed by atoms with Crippen LogP contribution in [0.15, 0.2) is 48.5 Å². The van der Waals surface area contributed by atoms with Gasteiger partial charge in [0.15, 0.2) is 0 Å². The predicted octanol–water partition coefficient (Wildman–Crippen LogP) is 3.06. The minimum atomic E-state index is -0.492. The standard InChI is InChI=1S/C19H20FNO3/c1-23-16-6-8-17(9-7-16)24-13-12-21-18(22)19(10-11-19)14-2-4-15(20)5-3-14/h2-9H,10-13H2,1H3,(H,21,22). The average Bonchev–Trinajstić information content (AvgIpc) is 3.41. The van der Waals surface area contributed by atoms with E-state index in [9.17, 15) is 9.18 Å². The fraction of sp³-hybridized carbons (Fsp3) is 0.316. The number of amides is 1. The molecule has 0 heterocycles. The molecule has 2 aromatic carbocycles. The maximum Gasteiger partial charge on any atom is 0.230 e. The van der Waals surface area contributed by atoms with E-state index in [1.165, 1.54) is 12.1 Å². The van der Waals surface area contributed by atoms with Gasteiger partial charge < -0.3 is 14.8 Å². The first-order valence-corrected chi connectivity index (χ1v) is 7.95. The molecule has 1 amide bonds. The number of ether oxygens (including phenoxy) is 2.